The van der Waals surface area contributed by atoms with Crippen molar-refractivity contribution in [1.29, 1.82) is 0 Å². The van der Waals surface area contributed by atoms with Crippen molar-refractivity contribution in [2.45, 2.75) is 18.7 Å². The van der Waals surface area contributed by atoms with E-state index in [4.69, 9.17) is 0 Å². The van der Waals surface area contributed by atoms with E-state index in [1.54, 1.807) is 35.0 Å². The lowest BCUT2D eigenvalue weighted by Gasteiger charge is -2.18. The number of rotatable bonds is 4. The quantitative estimate of drug-likeness (QED) is 0.532. The molecule has 1 N–H and O–H groups in total. The molecule has 1 amide bonds. The van der Waals surface area contributed by atoms with Crippen molar-refractivity contribution in [2.75, 3.05) is 16.2 Å². The van der Waals surface area contributed by atoms with Gasteiger partial charge in [-0.2, -0.15) is 5.10 Å². The predicted octanol–water partition coefficient (Wildman–Crippen LogP) is 3.79. The molecular weight excluding hydrogens is 412 g/mol. The molecule has 3 aromatic carbocycles. The average Bonchev–Trinajstić information content (AvgIpc) is 3.20. The van der Waals surface area contributed by atoms with Gasteiger partial charge in [0.25, 0.3) is 10.0 Å². The molecule has 0 saturated carbocycles. The number of nitrogens with one attached hydrogen (secondary N) is 1. The highest BCUT2D eigenvalue weighted by Gasteiger charge is 2.36. The van der Waals surface area contributed by atoms with E-state index in [0.29, 0.717) is 16.9 Å². The summed E-state index contributed by atoms with van der Waals surface area (Å²) < 4.78 is 29.0. The van der Waals surface area contributed by atoms with Gasteiger partial charge in [0.1, 0.15) is 12.4 Å². The van der Waals surface area contributed by atoms with Gasteiger partial charge in [-0.25, -0.2) is 13.1 Å². The van der Waals surface area contributed by atoms with Crippen LogP contribution >= 0.6 is 0 Å². The molecule has 0 fully saturated rings. The van der Waals surface area contributed by atoms with Crippen LogP contribution in [-0.2, 0) is 14.8 Å². The highest BCUT2D eigenvalue weighted by atomic mass is 32.2. The van der Waals surface area contributed by atoms with Crippen LogP contribution in [0.4, 0.5) is 11.5 Å². The Kier molecular flexibility index (Phi) is 4.33. The Bertz CT molecular complexity index is 1430. The van der Waals surface area contributed by atoms with Crippen molar-refractivity contribution in [3.63, 3.8) is 0 Å². The Balaban J connectivity index is 1.45. The molecule has 0 aliphatic carbocycles. The van der Waals surface area contributed by atoms with Gasteiger partial charge in [0, 0.05) is 11.5 Å². The highest BCUT2D eigenvalue weighted by Crippen LogP contribution is 2.41. The molecule has 0 spiro atoms. The van der Waals surface area contributed by atoms with Crippen molar-refractivity contribution in [3.8, 4) is 5.69 Å². The number of anilines is 2. The van der Waals surface area contributed by atoms with E-state index in [0.717, 1.165) is 22.3 Å². The summed E-state index contributed by atoms with van der Waals surface area (Å²) in [4.78, 5) is 13.1. The van der Waals surface area contributed by atoms with Crippen LogP contribution in [0.3, 0.4) is 0 Å². The fourth-order valence-corrected chi connectivity index (χ4v) is 5.58. The van der Waals surface area contributed by atoms with Crippen LogP contribution in [-0.4, -0.2) is 30.7 Å². The first-order valence-electron chi connectivity index (χ1n) is 9.83. The van der Waals surface area contributed by atoms with E-state index in [9.17, 15) is 13.2 Å². The minimum Gasteiger partial charge on any atom is -0.309 e. The van der Waals surface area contributed by atoms with Gasteiger partial charge >= 0.3 is 0 Å². The van der Waals surface area contributed by atoms with E-state index in [1.807, 2.05) is 50.2 Å². The van der Waals surface area contributed by atoms with Crippen LogP contribution < -0.4 is 9.62 Å². The zero-order valence-corrected chi connectivity index (χ0v) is 17.8. The van der Waals surface area contributed by atoms with Gasteiger partial charge in [-0.15, -0.1) is 0 Å². The van der Waals surface area contributed by atoms with Gasteiger partial charge in [0.15, 0.2) is 0 Å². The molecule has 7 nitrogen and oxygen atoms in total. The van der Waals surface area contributed by atoms with Gasteiger partial charge in [-0.1, -0.05) is 42.0 Å². The van der Waals surface area contributed by atoms with E-state index in [-0.39, 0.29) is 11.4 Å². The minimum atomic E-state index is -3.80. The fourth-order valence-electron chi connectivity index (χ4n) is 3.91. The van der Waals surface area contributed by atoms with E-state index in [1.165, 1.54) is 4.31 Å². The summed E-state index contributed by atoms with van der Waals surface area (Å²) in [6, 6.07) is 20.1. The lowest BCUT2D eigenvalue weighted by atomic mass is 10.1. The molecular formula is C23H20N4O3S. The third-order valence-electron chi connectivity index (χ3n) is 5.35. The summed E-state index contributed by atoms with van der Waals surface area (Å²) in [5, 5.41) is 8.76. The molecule has 8 heteroatoms. The number of benzene rings is 3. The molecule has 156 valence electrons. The molecule has 1 aliphatic heterocycles. The van der Waals surface area contributed by atoms with Gasteiger partial charge in [0.05, 0.1) is 22.0 Å². The third-order valence-corrected chi connectivity index (χ3v) is 7.15. The monoisotopic (exact) mass is 432 g/mol. The van der Waals surface area contributed by atoms with Crippen molar-refractivity contribution >= 4 is 38.2 Å². The first kappa shape index (κ1) is 19.3. The Morgan fingerprint density at radius 3 is 2.45 bits per heavy atom. The molecule has 0 unspecified atom stereocenters. The first-order valence-corrected chi connectivity index (χ1v) is 11.3. The van der Waals surface area contributed by atoms with Crippen molar-refractivity contribution in [1.82, 2.24) is 9.78 Å². The molecule has 0 saturated heterocycles. The number of amides is 1. The molecule has 2 heterocycles. The Hall–Kier alpha value is -3.65. The van der Waals surface area contributed by atoms with Crippen molar-refractivity contribution < 1.29 is 13.2 Å². The lowest BCUT2D eigenvalue weighted by Crippen LogP contribution is -2.35. The number of sulfonamides is 1. The molecule has 5 rings (SSSR count). The van der Waals surface area contributed by atoms with E-state index < -0.39 is 15.9 Å². The second kappa shape index (κ2) is 6.95. The summed E-state index contributed by atoms with van der Waals surface area (Å²) in [6.45, 7) is 3.51. The van der Waals surface area contributed by atoms with Crippen LogP contribution in [0, 0.1) is 13.8 Å². The first-order chi connectivity index (χ1) is 14.8. The zero-order valence-electron chi connectivity index (χ0n) is 17.0. The van der Waals surface area contributed by atoms with Crippen molar-refractivity contribution in [3.05, 3.63) is 78.0 Å². The van der Waals surface area contributed by atoms with Gasteiger partial charge in [0.2, 0.25) is 5.91 Å². The molecule has 0 atom stereocenters. The third kappa shape index (κ3) is 3.16. The predicted molar refractivity (Wildman–Crippen MR) is 120 cm³/mol. The molecule has 31 heavy (non-hydrogen) atoms. The number of hydrogen-bond donors (Lipinski definition) is 1. The Morgan fingerprint density at radius 2 is 1.71 bits per heavy atom. The summed E-state index contributed by atoms with van der Waals surface area (Å²) in [5.74, 6) is 0.0420. The second-order valence-corrected chi connectivity index (χ2v) is 9.44. The normalized spacial score (nSPS) is 14.2. The Labute approximate surface area is 180 Å². The highest BCUT2D eigenvalue weighted by molar-refractivity contribution is 7.93. The topological polar surface area (TPSA) is 84.3 Å². The van der Waals surface area contributed by atoms with Crippen LogP contribution in [0.15, 0.2) is 71.6 Å². The van der Waals surface area contributed by atoms with Crippen LogP contribution in [0.1, 0.15) is 11.3 Å². The number of carbonyl (C=O) groups excluding carboxylic acids is 1. The molecule has 1 aromatic heterocycles. The standard InChI is InChI=1S/C23H20N4O3S/c1-15-9-11-18(12-10-15)27-21(13-16(2)25-27)24-22(28)14-26-19-7-3-5-17-6-4-8-20(23(17)19)31(26,29)30/h3-13H,14H2,1-2H3,(H,24,28). The second-order valence-electron chi connectivity index (χ2n) is 7.61. The van der Waals surface area contributed by atoms with E-state index in [2.05, 4.69) is 10.4 Å². The largest absolute Gasteiger partial charge is 0.309 e. The molecule has 0 bridgehead atoms. The van der Waals surface area contributed by atoms with Crippen molar-refractivity contribution in [2.24, 2.45) is 0 Å². The van der Waals surface area contributed by atoms with Crippen LogP contribution in [0.25, 0.3) is 16.5 Å². The summed E-state index contributed by atoms with van der Waals surface area (Å²) in [7, 11) is -3.80. The fraction of sp³-hybridized carbons (Fsp3) is 0.130. The Morgan fingerprint density at radius 1 is 1.00 bits per heavy atom. The maximum absolute atomic E-state index is 13.1. The smallest absolute Gasteiger partial charge is 0.265 e. The lowest BCUT2D eigenvalue weighted by molar-refractivity contribution is -0.114. The van der Waals surface area contributed by atoms with E-state index >= 15 is 0 Å². The van der Waals surface area contributed by atoms with Crippen LogP contribution in [0.5, 0.6) is 0 Å². The average molecular weight is 433 g/mol. The number of aromatic nitrogens is 2. The van der Waals surface area contributed by atoms with Gasteiger partial charge in [-0.05, 0) is 43.5 Å². The SMILES string of the molecule is Cc1ccc(-n2nc(C)cc2NC(=O)CN2c3cccc4cccc(c34)S2(=O)=O)cc1. The van der Waals surface area contributed by atoms with Gasteiger partial charge in [-0.3, -0.25) is 9.10 Å². The van der Waals surface area contributed by atoms with Crippen LogP contribution in [0.2, 0.25) is 0 Å². The summed E-state index contributed by atoms with van der Waals surface area (Å²) >= 11 is 0. The number of nitrogens with zero attached hydrogens (tertiary/aromatic N) is 3. The summed E-state index contributed by atoms with van der Waals surface area (Å²) in [6.07, 6.45) is 0. The maximum atomic E-state index is 13.1. The molecule has 0 radical (unpaired) electrons. The summed E-state index contributed by atoms with van der Waals surface area (Å²) in [5.41, 5.74) is 3.18. The number of carbonyl (C=O) groups is 1. The number of aryl methyl sites for hydroxylation is 2. The van der Waals surface area contributed by atoms with Gasteiger partial charge < -0.3 is 5.32 Å². The molecule has 1 aliphatic rings. The molecule has 4 aromatic rings. The minimum absolute atomic E-state index is 0.231. The maximum Gasteiger partial charge on any atom is 0.265 e. The zero-order chi connectivity index (χ0) is 21.8. The number of hydrogen-bond acceptors (Lipinski definition) is 4.